The Kier molecular flexibility index (Phi) is 3.66. The minimum absolute atomic E-state index is 0.139. The highest BCUT2D eigenvalue weighted by atomic mass is 35.5. The molecule has 2 heterocycles. The third-order valence-corrected chi connectivity index (χ3v) is 3.58. The summed E-state index contributed by atoms with van der Waals surface area (Å²) in [4.78, 5) is 8.29. The summed E-state index contributed by atoms with van der Waals surface area (Å²) in [5.41, 5.74) is 0.882. The number of fused-ring (bicyclic) bond motifs is 1. The van der Waals surface area contributed by atoms with Crippen LogP contribution < -0.4 is 4.74 Å². The van der Waals surface area contributed by atoms with E-state index in [-0.39, 0.29) is 21.1 Å². The van der Waals surface area contributed by atoms with Crippen LogP contribution in [0, 0.1) is 0 Å². The summed E-state index contributed by atoms with van der Waals surface area (Å²) in [6.07, 6.45) is 1.60. The molecule has 0 amide bonds. The highest BCUT2D eigenvalue weighted by Gasteiger charge is 2.10. The van der Waals surface area contributed by atoms with Gasteiger partial charge in [0.1, 0.15) is 10.8 Å². The average molecular weight is 326 g/mol. The summed E-state index contributed by atoms with van der Waals surface area (Å²) < 4.78 is 5.60. The van der Waals surface area contributed by atoms with E-state index in [1.807, 2.05) is 30.3 Å². The van der Waals surface area contributed by atoms with Crippen LogP contribution in [0.4, 0.5) is 0 Å². The molecule has 100 valence electrons. The van der Waals surface area contributed by atoms with Gasteiger partial charge in [-0.25, -0.2) is 0 Å². The van der Waals surface area contributed by atoms with Gasteiger partial charge in [0.15, 0.2) is 5.15 Å². The first-order valence-electron chi connectivity index (χ1n) is 5.67. The molecule has 0 saturated carbocycles. The molecule has 3 rings (SSSR count). The molecule has 0 aliphatic rings. The number of halogens is 3. The van der Waals surface area contributed by atoms with Crippen molar-refractivity contribution in [1.29, 1.82) is 0 Å². The molecular formula is C14H7Cl3N2O. The van der Waals surface area contributed by atoms with E-state index in [4.69, 9.17) is 39.5 Å². The summed E-state index contributed by atoms with van der Waals surface area (Å²) >= 11 is 17.7. The lowest BCUT2D eigenvalue weighted by Gasteiger charge is -2.08. The lowest BCUT2D eigenvalue weighted by Crippen LogP contribution is -1.91. The van der Waals surface area contributed by atoms with E-state index in [1.54, 1.807) is 6.20 Å². The summed E-state index contributed by atoms with van der Waals surface area (Å²) in [6.45, 7) is 0. The molecule has 20 heavy (non-hydrogen) atoms. The van der Waals surface area contributed by atoms with Gasteiger partial charge >= 0.3 is 0 Å². The lowest BCUT2D eigenvalue weighted by molar-refractivity contribution is 0.462. The van der Waals surface area contributed by atoms with Crippen molar-refractivity contribution in [2.45, 2.75) is 0 Å². The molecule has 0 unspecified atom stereocenters. The Labute approximate surface area is 130 Å². The Hall–Kier alpha value is -1.55. The normalized spacial score (nSPS) is 10.8. The number of rotatable bonds is 2. The lowest BCUT2D eigenvalue weighted by atomic mass is 10.2. The first kappa shape index (κ1) is 13.4. The van der Waals surface area contributed by atoms with E-state index in [1.165, 1.54) is 6.07 Å². The van der Waals surface area contributed by atoms with Crippen LogP contribution in [0.2, 0.25) is 15.2 Å². The van der Waals surface area contributed by atoms with Gasteiger partial charge in [-0.1, -0.05) is 53.0 Å². The molecule has 0 bridgehead atoms. The van der Waals surface area contributed by atoms with Gasteiger partial charge in [-0.2, -0.15) is 4.98 Å². The van der Waals surface area contributed by atoms with Gasteiger partial charge in [0, 0.05) is 5.39 Å². The van der Waals surface area contributed by atoms with E-state index in [9.17, 15) is 0 Å². The Morgan fingerprint density at radius 1 is 0.950 bits per heavy atom. The zero-order valence-electron chi connectivity index (χ0n) is 9.98. The number of hydrogen-bond donors (Lipinski definition) is 0. The van der Waals surface area contributed by atoms with Crippen LogP contribution in [0.25, 0.3) is 10.9 Å². The largest absolute Gasteiger partial charge is 0.436 e. The number of aromatic nitrogens is 2. The fraction of sp³-hybridized carbons (Fsp3) is 0. The predicted molar refractivity (Wildman–Crippen MR) is 81.1 cm³/mol. The van der Waals surface area contributed by atoms with E-state index in [0.29, 0.717) is 5.75 Å². The third kappa shape index (κ3) is 2.66. The van der Waals surface area contributed by atoms with Crippen molar-refractivity contribution in [3.05, 3.63) is 57.8 Å². The van der Waals surface area contributed by atoms with Crippen molar-refractivity contribution < 1.29 is 4.74 Å². The highest BCUT2D eigenvalue weighted by Crippen LogP contribution is 2.33. The standard InChI is InChI=1S/C14H7Cl3N2O/c15-10-6-11(16)14(19-13(10)17)20-9-5-8-3-1-2-4-12(8)18-7-9/h1-7H. The Morgan fingerprint density at radius 2 is 1.75 bits per heavy atom. The van der Waals surface area contributed by atoms with Gasteiger partial charge in [-0.15, -0.1) is 0 Å². The number of nitrogens with zero attached hydrogens (tertiary/aromatic N) is 2. The van der Waals surface area contributed by atoms with Crippen LogP contribution in [-0.4, -0.2) is 9.97 Å². The maximum atomic E-state index is 6.02. The summed E-state index contributed by atoms with van der Waals surface area (Å²) in [6, 6.07) is 11.1. The number of para-hydroxylation sites is 1. The van der Waals surface area contributed by atoms with Gasteiger partial charge in [0.05, 0.1) is 16.7 Å². The Balaban J connectivity index is 1.99. The van der Waals surface area contributed by atoms with E-state index in [2.05, 4.69) is 9.97 Å². The molecular weight excluding hydrogens is 319 g/mol. The van der Waals surface area contributed by atoms with Crippen LogP contribution in [0.1, 0.15) is 0 Å². The average Bonchev–Trinajstić information content (AvgIpc) is 2.44. The maximum Gasteiger partial charge on any atom is 0.239 e. The fourth-order valence-corrected chi connectivity index (χ4v) is 2.25. The predicted octanol–water partition coefficient (Wildman–Crippen LogP) is 5.38. The van der Waals surface area contributed by atoms with Gasteiger partial charge in [0.2, 0.25) is 5.88 Å². The SMILES string of the molecule is Clc1cc(Cl)c(Oc2cnc3ccccc3c2)nc1Cl. The van der Waals surface area contributed by atoms with Gasteiger partial charge in [-0.05, 0) is 18.2 Å². The van der Waals surface area contributed by atoms with Crippen molar-refractivity contribution in [2.24, 2.45) is 0 Å². The number of pyridine rings is 2. The molecule has 2 aromatic heterocycles. The molecule has 0 radical (unpaired) electrons. The van der Waals surface area contributed by atoms with Gasteiger partial charge in [0.25, 0.3) is 0 Å². The van der Waals surface area contributed by atoms with Gasteiger partial charge < -0.3 is 4.74 Å². The molecule has 1 aromatic carbocycles. The van der Waals surface area contributed by atoms with Crippen molar-refractivity contribution in [2.75, 3.05) is 0 Å². The molecule has 6 heteroatoms. The van der Waals surface area contributed by atoms with Crippen LogP contribution in [0.5, 0.6) is 11.6 Å². The second-order valence-electron chi connectivity index (χ2n) is 4.01. The fourth-order valence-electron chi connectivity index (χ4n) is 1.72. The number of benzene rings is 1. The monoisotopic (exact) mass is 324 g/mol. The third-order valence-electron chi connectivity index (χ3n) is 2.63. The minimum atomic E-state index is 0.139. The summed E-state index contributed by atoms with van der Waals surface area (Å²) in [7, 11) is 0. The topological polar surface area (TPSA) is 35.0 Å². The van der Waals surface area contributed by atoms with Crippen molar-refractivity contribution >= 4 is 45.7 Å². The van der Waals surface area contributed by atoms with Crippen molar-refractivity contribution in [3.63, 3.8) is 0 Å². The quantitative estimate of drug-likeness (QED) is 0.593. The second-order valence-corrected chi connectivity index (χ2v) is 5.19. The molecule has 3 nitrogen and oxygen atoms in total. The van der Waals surface area contributed by atoms with Crippen LogP contribution >= 0.6 is 34.8 Å². The summed E-state index contributed by atoms with van der Waals surface area (Å²) in [5.74, 6) is 0.717. The van der Waals surface area contributed by atoms with Crippen LogP contribution in [0.3, 0.4) is 0 Å². The van der Waals surface area contributed by atoms with Gasteiger partial charge in [-0.3, -0.25) is 4.98 Å². The van der Waals surface area contributed by atoms with Crippen molar-refractivity contribution in [1.82, 2.24) is 9.97 Å². The first-order chi connectivity index (χ1) is 9.63. The van der Waals surface area contributed by atoms with Crippen molar-refractivity contribution in [3.8, 4) is 11.6 Å². The smallest absolute Gasteiger partial charge is 0.239 e. The van der Waals surface area contributed by atoms with Crippen LogP contribution in [0.15, 0.2) is 42.6 Å². The molecule has 0 saturated heterocycles. The minimum Gasteiger partial charge on any atom is -0.436 e. The molecule has 0 fully saturated rings. The molecule has 0 aliphatic carbocycles. The number of hydrogen-bond acceptors (Lipinski definition) is 3. The highest BCUT2D eigenvalue weighted by molar-refractivity contribution is 6.42. The van der Waals surface area contributed by atoms with Crippen LogP contribution in [-0.2, 0) is 0 Å². The Morgan fingerprint density at radius 3 is 2.60 bits per heavy atom. The van der Waals surface area contributed by atoms with E-state index >= 15 is 0 Å². The molecule has 0 spiro atoms. The summed E-state index contributed by atoms with van der Waals surface area (Å²) in [5, 5.41) is 1.66. The van der Waals surface area contributed by atoms with E-state index in [0.717, 1.165) is 10.9 Å². The zero-order valence-corrected chi connectivity index (χ0v) is 12.2. The first-order valence-corrected chi connectivity index (χ1v) is 6.81. The van der Waals surface area contributed by atoms with E-state index < -0.39 is 0 Å². The maximum absolute atomic E-state index is 6.02. The molecule has 0 N–H and O–H groups in total. The Bertz CT molecular complexity index is 792. The number of ether oxygens (including phenoxy) is 1. The molecule has 3 aromatic rings. The second kappa shape index (κ2) is 5.44. The molecule has 0 atom stereocenters. The molecule has 0 aliphatic heterocycles. The zero-order chi connectivity index (χ0) is 14.1.